The third kappa shape index (κ3) is 5.25. The first kappa shape index (κ1) is 19.7. The summed E-state index contributed by atoms with van der Waals surface area (Å²) in [6.45, 7) is 7.00. The van der Waals surface area contributed by atoms with Crippen LogP contribution in [0.4, 0.5) is 0 Å². The SMILES string of the molecule is Cc1ccc([C@@H](CNC(=O)[C@H](C)Oc2ccccc2Cl)N2CCOCC2)o1. The van der Waals surface area contributed by atoms with E-state index in [1.807, 2.05) is 31.2 Å². The van der Waals surface area contributed by atoms with Crippen LogP contribution in [0.25, 0.3) is 0 Å². The molecule has 3 rings (SSSR count). The van der Waals surface area contributed by atoms with Gasteiger partial charge >= 0.3 is 0 Å². The zero-order valence-electron chi connectivity index (χ0n) is 15.6. The summed E-state index contributed by atoms with van der Waals surface area (Å²) in [5, 5.41) is 3.46. The second-order valence-corrected chi connectivity index (χ2v) is 6.96. The standard InChI is InChI=1S/C20H25ClN2O4/c1-14-7-8-19(26-14)17(23-9-11-25-12-10-23)13-22-20(24)15(2)27-18-6-4-3-5-16(18)21/h3-8,15,17H,9-13H2,1-2H3,(H,22,24)/t15-,17+/m0/s1. The van der Waals surface area contributed by atoms with Gasteiger partial charge in [-0.15, -0.1) is 0 Å². The Morgan fingerprint density at radius 1 is 1.26 bits per heavy atom. The minimum absolute atomic E-state index is 0.0425. The Labute approximate surface area is 164 Å². The predicted molar refractivity (Wildman–Crippen MR) is 103 cm³/mol. The topological polar surface area (TPSA) is 63.9 Å². The first-order chi connectivity index (χ1) is 13.0. The van der Waals surface area contributed by atoms with Crippen LogP contribution in [0.5, 0.6) is 5.75 Å². The maximum atomic E-state index is 12.5. The summed E-state index contributed by atoms with van der Waals surface area (Å²) >= 11 is 6.10. The molecule has 1 aliphatic rings. The first-order valence-electron chi connectivity index (χ1n) is 9.11. The fourth-order valence-electron chi connectivity index (χ4n) is 3.06. The van der Waals surface area contributed by atoms with Crippen molar-refractivity contribution in [1.29, 1.82) is 0 Å². The van der Waals surface area contributed by atoms with Crippen molar-refractivity contribution in [2.75, 3.05) is 32.8 Å². The van der Waals surface area contributed by atoms with Crippen LogP contribution in [0.3, 0.4) is 0 Å². The molecule has 6 nitrogen and oxygen atoms in total. The maximum absolute atomic E-state index is 12.5. The number of ether oxygens (including phenoxy) is 2. The predicted octanol–water partition coefficient (Wildman–Crippen LogP) is 3.20. The highest BCUT2D eigenvalue weighted by Gasteiger charge is 2.26. The molecule has 146 valence electrons. The number of carbonyl (C=O) groups is 1. The van der Waals surface area contributed by atoms with Crippen LogP contribution in [0.15, 0.2) is 40.8 Å². The monoisotopic (exact) mass is 392 g/mol. The molecule has 1 fully saturated rings. The van der Waals surface area contributed by atoms with Crippen molar-refractivity contribution in [3.8, 4) is 5.75 Å². The van der Waals surface area contributed by atoms with Crippen molar-refractivity contribution in [3.63, 3.8) is 0 Å². The molecule has 0 saturated carbocycles. The second kappa shape index (κ2) is 9.26. The highest BCUT2D eigenvalue weighted by Crippen LogP contribution is 2.25. The van der Waals surface area contributed by atoms with Crippen LogP contribution in [0.2, 0.25) is 5.02 Å². The molecular weight excluding hydrogens is 368 g/mol. The summed E-state index contributed by atoms with van der Waals surface area (Å²) in [7, 11) is 0. The van der Waals surface area contributed by atoms with Crippen LogP contribution < -0.4 is 10.1 Å². The Hall–Kier alpha value is -2.02. The van der Waals surface area contributed by atoms with E-state index in [0.29, 0.717) is 30.5 Å². The van der Waals surface area contributed by atoms with E-state index in [4.69, 9.17) is 25.5 Å². The molecule has 1 aliphatic heterocycles. The minimum Gasteiger partial charge on any atom is -0.479 e. The molecule has 0 radical (unpaired) electrons. The molecular formula is C20H25ClN2O4. The van der Waals surface area contributed by atoms with E-state index in [2.05, 4.69) is 10.2 Å². The van der Waals surface area contributed by atoms with E-state index in [1.165, 1.54) is 0 Å². The summed E-state index contributed by atoms with van der Waals surface area (Å²) in [5.74, 6) is 1.99. The molecule has 0 spiro atoms. The lowest BCUT2D eigenvalue weighted by Crippen LogP contribution is -2.45. The van der Waals surface area contributed by atoms with Gasteiger partial charge in [0.2, 0.25) is 0 Å². The number of carbonyl (C=O) groups excluding carboxylic acids is 1. The fraction of sp³-hybridized carbons (Fsp3) is 0.450. The number of aryl methyl sites for hydroxylation is 1. The van der Waals surface area contributed by atoms with Crippen LogP contribution in [0, 0.1) is 6.92 Å². The Balaban J connectivity index is 1.62. The number of hydrogen-bond acceptors (Lipinski definition) is 5. The number of hydrogen-bond donors (Lipinski definition) is 1. The average Bonchev–Trinajstić information content (AvgIpc) is 3.10. The zero-order chi connectivity index (χ0) is 19.2. The summed E-state index contributed by atoms with van der Waals surface area (Å²) in [6, 6.07) is 11.0. The molecule has 0 unspecified atom stereocenters. The molecule has 1 aromatic heterocycles. The molecule has 0 bridgehead atoms. The van der Waals surface area contributed by atoms with E-state index in [-0.39, 0.29) is 11.9 Å². The van der Waals surface area contributed by atoms with Gasteiger partial charge in [-0.1, -0.05) is 23.7 Å². The van der Waals surface area contributed by atoms with Crippen LogP contribution in [0.1, 0.15) is 24.5 Å². The van der Waals surface area contributed by atoms with Gasteiger partial charge in [0.25, 0.3) is 5.91 Å². The van der Waals surface area contributed by atoms with E-state index in [9.17, 15) is 4.79 Å². The summed E-state index contributed by atoms with van der Waals surface area (Å²) in [4.78, 5) is 14.8. The summed E-state index contributed by atoms with van der Waals surface area (Å²) < 4.78 is 17.0. The third-order valence-corrected chi connectivity index (χ3v) is 4.87. The smallest absolute Gasteiger partial charge is 0.260 e. The number of furan rings is 1. The number of benzene rings is 1. The molecule has 2 atom stereocenters. The van der Waals surface area contributed by atoms with Crippen LogP contribution in [-0.4, -0.2) is 49.8 Å². The first-order valence-corrected chi connectivity index (χ1v) is 9.49. The third-order valence-electron chi connectivity index (χ3n) is 4.56. The maximum Gasteiger partial charge on any atom is 0.260 e. The zero-order valence-corrected chi connectivity index (χ0v) is 16.4. The Morgan fingerprint density at radius 3 is 2.67 bits per heavy atom. The van der Waals surface area contributed by atoms with Crippen LogP contribution >= 0.6 is 11.6 Å². The van der Waals surface area contributed by atoms with Crippen molar-refractivity contribution in [2.45, 2.75) is 26.0 Å². The number of para-hydroxylation sites is 1. The van der Waals surface area contributed by atoms with E-state index in [0.717, 1.165) is 24.6 Å². The lowest BCUT2D eigenvalue weighted by molar-refractivity contribution is -0.127. The van der Waals surface area contributed by atoms with Gasteiger partial charge in [0.1, 0.15) is 17.3 Å². The molecule has 2 heterocycles. The molecule has 27 heavy (non-hydrogen) atoms. The van der Waals surface area contributed by atoms with Crippen molar-refractivity contribution >= 4 is 17.5 Å². The van der Waals surface area contributed by atoms with Gasteiger partial charge in [-0.3, -0.25) is 9.69 Å². The second-order valence-electron chi connectivity index (χ2n) is 6.55. The molecule has 1 N–H and O–H groups in total. The quantitative estimate of drug-likeness (QED) is 0.783. The molecule has 1 aromatic carbocycles. The van der Waals surface area contributed by atoms with Crippen molar-refractivity contribution in [1.82, 2.24) is 10.2 Å². The number of nitrogens with zero attached hydrogens (tertiary/aromatic N) is 1. The average molecular weight is 393 g/mol. The van der Waals surface area contributed by atoms with Gasteiger partial charge in [0.15, 0.2) is 6.10 Å². The Kier molecular flexibility index (Phi) is 6.77. The lowest BCUT2D eigenvalue weighted by atomic mass is 10.1. The summed E-state index contributed by atoms with van der Waals surface area (Å²) in [6.07, 6.45) is -0.659. The molecule has 2 aromatic rings. The van der Waals surface area contributed by atoms with Gasteiger partial charge in [0.05, 0.1) is 24.3 Å². The number of amides is 1. The normalized spacial score (nSPS) is 17.3. The minimum atomic E-state index is -0.659. The highest BCUT2D eigenvalue weighted by molar-refractivity contribution is 6.32. The van der Waals surface area contributed by atoms with Crippen molar-refractivity contribution in [2.24, 2.45) is 0 Å². The van der Waals surface area contributed by atoms with Crippen molar-refractivity contribution < 1.29 is 18.7 Å². The van der Waals surface area contributed by atoms with E-state index in [1.54, 1.807) is 19.1 Å². The Bertz CT molecular complexity index is 758. The van der Waals surface area contributed by atoms with Gasteiger partial charge in [-0.05, 0) is 38.1 Å². The van der Waals surface area contributed by atoms with Gasteiger partial charge in [-0.25, -0.2) is 0 Å². The van der Waals surface area contributed by atoms with E-state index >= 15 is 0 Å². The van der Waals surface area contributed by atoms with Gasteiger partial charge in [-0.2, -0.15) is 0 Å². The number of rotatable bonds is 7. The van der Waals surface area contributed by atoms with Crippen LogP contribution in [-0.2, 0) is 9.53 Å². The number of morpholine rings is 1. The molecule has 1 saturated heterocycles. The van der Waals surface area contributed by atoms with Crippen molar-refractivity contribution in [3.05, 3.63) is 52.9 Å². The van der Waals surface area contributed by atoms with Gasteiger partial charge < -0.3 is 19.2 Å². The Morgan fingerprint density at radius 2 is 2.00 bits per heavy atom. The number of halogens is 1. The largest absolute Gasteiger partial charge is 0.479 e. The molecule has 7 heteroatoms. The van der Waals surface area contributed by atoms with E-state index < -0.39 is 6.10 Å². The fourth-order valence-corrected chi connectivity index (χ4v) is 3.24. The van der Waals surface area contributed by atoms with Gasteiger partial charge in [0, 0.05) is 19.6 Å². The molecule has 0 aliphatic carbocycles. The highest BCUT2D eigenvalue weighted by atomic mass is 35.5. The molecule has 1 amide bonds. The summed E-state index contributed by atoms with van der Waals surface area (Å²) in [5.41, 5.74) is 0. The number of nitrogens with one attached hydrogen (secondary N) is 1. The lowest BCUT2D eigenvalue weighted by Gasteiger charge is -2.33.